The van der Waals surface area contributed by atoms with Crippen LogP contribution in [0, 0.1) is 0 Å². The number of rotatable bonds is 5. The first-order valence-corrected chi connectivity index (χ1v) is 7.56. The maximum Gasteiger partial charge on any atom is 0.311 e. The van der Waals surface area contributed by atoms with E-state index in [1.807, 2.05) is 0 Å². The molecule has 2 aromatic rings. The largest absolute Gasteiger partial charge is 0.452 e. The third-order valence-electron chi connectivity index (χ3n) is 2.92. The standard InChI is InChI=1S/C16H14Cl2N2O3/c1-10(16(22)20-14-7-6-13(18)9-19-14)23-15(21)8-11-2-4-12(17)5-3-11/h2-7,9-10H,8H2,1H3,(H,19,20,22)/t10-/m1/s1. The summed E-state index contributed by atoms with van der Waals surface area (Å²) >= 11 is 11.5. The lowest BCUT2D eigenvalue weighted by atomic mass is 10.1. The number of nitrogens with zero attached hydrogens (tertiary/aromatic N) is 1. The van der Waals surface area contributed by atoms with Crippen LogP contribution in [0.1, 0.15) is 12.5 Å². The van der Waals surface area contributed by atoms with Crippen molar-refractivity contribution in [3.8, 4) is 0 Å². The van der Waals surface area contributed by atoms with Crippen molar-refractivity contribution < 1.29 is 14.3 Å². The van der Waals surface area contributed by atoms with Crippen molar-refractivity contribution in [1.82, 2.24) is 4.98 Å². The molecule has 1 aromatic heterocycles. The van der Waals surface area contributed by atoms with E-state index in [9.17, 15) is 9.59 Å². The summed E-state index contributed by atoms with van der Waals surface area (Å²) in [4.78, 5) is 27.7. The number of halogens is 2. The number of aromatic nitrogens is 1. The molecule has 1 heterocycles. The predicted molar refractivity (Wildman–Crippen MR) is 88.6 cm³/mol. The van der Waals surface area contributed by atoms with E-state index in [1.54, 1.807) is 36.4 Å². The van der Waals surface area contributed by atoms with Gasteiger partial charge in [0.25, 0.3) is 5.91 Å². The second-order valence-corrected chi connectivity index (χ2v) is 5.66. The third kappa shape index (κ3) is 5.54. The second-order valence-electron chi connectivity index (χ2n) is 4.79. The molecule has 0 saturated carbocycles. The number of benzene rings is 1. The first-order valence-electron chi connectivity index (χ1n) is 6.80. The molecule has 1 atom stereocenters. The fourth-order valence-corrected chi connectivity index (χ4v) is 1.98. The Morgan fingerprint density at radius 2 is 1.78 bits per heavy atom. The Morgan fingerprint density at radius 1 is 1.13 bits per heavy atom. The molecule has 23 heavy (non-hydrogen) atoms. The van der Waals surface area contributed by atoms with Crippen LogP contribution in [0.2, 0.25) is 10.0 Å². The lowest BCUT2D eigenvalue weighted by Crippen LogP contribution is -2.30. The molecule has 0 saturated heterocycles. The average Bonchev–Trinajstić information content (AvgIpc) is 2.51. The van der Waals surface area contributed by atoms with E-state index in [-0.39, 0.29) is 6.42 Å². The van der Waals surface area contributed by atoms with Crippen molar-refractivity contribution in [2.75, 3.05) is 5.32 Å². The molecule has 0 aliphatic heterocycles. The summed E-state index contributed by atoms with van der Waals surface area (Å²) in [5.41, 5.74) is 0.756. The van der Waals surface area contributed by atoms with Crippen LogP contribution in [-0.2, 0) is 20.7 Å². The molecule has 0 spiro atoms. The summed E-state index contributed by atoms with van der Waals surface area (Å²) in [6, 6.07) is 9.99. The molecular weight excluding hydrogens is 339 g/mol. The van der Waals surface area contributed by atoms with E-state index in [1.165, 1.54) is 13.1 Å². The summed E-state index contributed by atoms with van der Waals surface area (Å²) in [6.45, 7) is 1.49. The summed E-state index contributed by atoms with van der Waals surface area (Å²) < 4.78 is 5.10. The Hall–Kier alpha value is -2.11. The Labute approximate surface area is 143 Å². The fraction of sp³-hybridized carbons (Fsp3) is 0.188. The zero-order chi connectivity index (χ0) is 16.8. The van der Waals surface area contributed by atoms with Crippen molar-refractivity contribution in [3.05, 3.63) is 58.2 Å². The van der Waals surface area contributed by atoms with Crippen LogP contribution in [0.5, 0.6) is 0 Å². The highest BCUT2D eigenvalue weighted by Gasteiger charge is 2.18. The number of hydrogen-bond donors (Lipinski definition) is 1. The zero-order valence-electron chi connectivity index (χ0n) is 12.3. The lowest BCUT2D eigenvalue weighted by molar-refractivity contribution is -0.152. The maximum atomic E-state index is 12.0. The minimum atomic E-state index is -0.938. The molecule has 1 N–H and O–H groups in total. The lowest BCUT2D eigenvalue weighted by Gasteiger charge is -2.13. The van der Waals surface area contributed by atoms with Crippen molar-refractivity contribution in [2.24, 2.45) is 0 Å². The highest BCUT2D eigenvalue weighted by Crippen LogP contribution is 2.12. The van der Waals surface area contributed by atoms with Gasteiger partial charge in [-0.25, -0.2) is 4.98 Å². The van der Waals surface area contributed by atoms with Gasteiger partial charge in [-0.2, -0.15) is 0 Å². The van der Waals surface area contributed by atoms with Gasteiger partial charge in [0.2, 0.25) is 0 Å². The SMILES string of the molecule is C[C@@H](OC(=O)Cc1ccc(Cl)cc1)C(=O)Nc1ccc(Cl)cn1. The molecule has 0 radical (unpaired) electrons. The number of anilines is 1. The fourth-order valence-electron chi connectivity index (χ4n) is 1.74. The van der Waals surface area contributed by atoms with Crippen molar-refractivity contribution in [1.29, 1.82) is 0 Å². The number of carbonyl (C=O) groups excluding carboxylic acids is 2. The molecule has 5 nitrogen and oxygen atoms in total. The van der Waals surface area contributed by atoms with E-state index >= 15 is 0 Å². The number of pyridine rings is 1. The zero-order valence-corrected chi connectivity index (χ0v) is 13.8. The van der Waals surface area contributed by atoms with Gasteiger partial charge in [0.05, 0.1) is 11.4 Å². The van der Waals surface area contributed by atoms with Gasteiger partial charge in [0, 0.05) is 11.2 Å². The average molecular weight is 353 g/mol. The van der Waals surface area contributed by atoms with Crippen molar-refractivity contribution in [2.45, 2.75) is 19.4 Å². The molecule has 0 aliphatic carbocycles. The van der Waals surface area contributed by atoms with Gasteiger partial charge in [-0.05, 0) is 36.8 Å². The monoisotopic (exact) mass is 352 g/mol. The van der Waals surface area contributed by atoms with Crippen LogP contribution >= 0.6 is 23.2 Å². The van der Waals surface area contributed by atoms with E-state index in [0.717, 1.165) is 5.56 Å². The van der Waals surface area contributed by atoms with Crippen LogP contribution in [-0.4, -0.2) is 23.0 Å². The van der Waals surface area contributed by atoms with Crippen LogP contribution in [0.15, 0.2) is 42.6 Å². The van der Waals surface area contributed by atoms with Crippen LogP contribution in [0.25, 0.3) is 0 Å². The molecule has 1 aromatic carbocycles. The van der Waals surface area contributed by atoms with Gasteiger partial charge in [0.1, 0.15) is 5.82 Å². The van der Waals surface area contributed by atoms with E-state index in [2.05, 4.69) is 10.3 Å². The number of ether oxygens (including phenoxy) is 1. The third-order valence-corrected chi connectivity index (χ3v) is 3.39. The number of hydrogen-bond acceptors (Lipinski definition) is 4. The quantitative estimate of drug-likeness (QED) is 0.836. The smallest absolute Gasteiger partial charge is 0.311 e. The Kier molecular flexibility index (Phi) is 5.96. The van der Waals surface area contributed by atoms with Crippen molar-refractivity contribution >= 4 is 40.9 Å². The van der Waals surface area contributed by atoms with Crippen LogP contribution in [0.3, 0.4) is 0 Å². The predicted octanol–water partition coefficient (Wildman–Crippen LogP) is 3.50. The highest BCUT2D eigenvalue weighted by atomic mass is 35.5. The van der Waals surface area contributed by atoms with E-state index < -0.39 is 18.0 Å². The maximum absolute atomic E-state index is 12.0. The van der Waals surface area contributed by atoms with Gasteiger partial charge < -0.3 is 10.1 Å². The first-order chi connectivity index (χ1) is 10.9. The summed E-state index contributed by atoms with van der Waals surface area (Å²) in [6.07, 6.45) is 0.537. The van der Waals surface area contributed by atoms with Gasteiger partial charge in [-0.1, -0.05) is 35.3 Å². The second kappa shape index (κ2) is 7.94. The Bertz CT molecular complexity index is 687. The van der Waals surface area contributed by atoms with E-state index in [4.69, 9.17) is 27.9 Å². The topological polar surface area (TPSA) is 68.3 Å². The molecule has 0 unspecified atom stereocenters. The number of amides is 1. The van der Waals surface area contributed by atoms with E-state index in [0.29, 0.717) is 15.9 Å². The molecule has 1 amide bonds. The number of nitrogens with one attached hydrogen (secondary N) is 1. The molecule has 0 aliphatic rings. The number of esters is 1. The molecule has 120 valence electrons. The minimum Gasteiger partial charge on any atom is -0.452 e. The van der Waals surface area contributed by atoms with Gasteiger partial charge in [-0.15, -0.1) is 0 Å². The summed E-state index contributed by atoms with van der Waals surface area (Å²) in [5, 5.41) is 3.59. The van der Waals surface area contributed by atoms with Gasteiger partial charge in [-0.3, -0.25) is 9.59 Å². The first kappa shape index (κ1) is 17.2. The molecule has 7 heteroatoms. The van der Waals surface area contributed by atoms with Gasteiger partial charge in [0.15, 0.2) is 6.10 Å². The molecule has 2 rings (SSSR count). The minimum absolute atomic E-state index is 0.0635. The Morgan fingerprint density at radius 3 is 2.39 bits per heavy atom. The van der Waals surface area contributed by atoms with Crippen LogP contribution < -0.4 is 5.32 Å². The van der Waals surface area contributed by atoms with Crippen LogP contribution in [0.4, 0.5) is 5.82 Å². The summed E-state index contributed by atoms with van der Waals surface area (Å²) in [5.74, 6) is -0.636. The molecule has 0 fully saturated rings. The molecule has 0 bridgehead atoms. The summed E-state index contributed by atoms with van der Waals surface area (Å²) in [7, 11) is 0. The molecular formula is C16H14Cl2N2O3. The Balaban J connectivity index is 1.86. The van der Waals surface area contributed by atoms with Gasteiger partial charge >= 0.3 is 5.97 Å². The number of carbonyl (C=O) groups is 2. The highest BCUT2D eigenvalue weighted by molar-refractivity contribution is 6.30. The van der Waals surface area contributed by atoms with Crippen molar-refractivity contribution in [3.63, 3.8) is 0 Å². The normalized spacial score (nSPS) is 11.6.